The van der Waals surface area contributed by atoms with Crippen molar-refractivity contribution >= 4 is 12.1 Å². The van der Waals surface area contributed by atoms with Crippen LogP contribution < -0.4 is 19.5 Å². The predicted octanol–water partition coefficient (Wildman–Crippen LogP) is 2.36. The van der Waals surface area contributed by atoms with E-state index in [1.807, 2.05) is 0 Å². The molecule has 0 saturated carbocycles. The van der Waals surface area contributed by atoms with E-state index >= 15 is 0 Å². The molecule has 0 bridgehead atoms. The lowest BCUT2D eigenvalue weighted by Gasteiger charge is -2.24. The summed E-state index contributed by atoms with van der Waals surface area (Å²) in [5.74, 6) is -0.458. The van der Waals surface area contributed by atoms with E-state index in [4.69, 9.17) is 18.9 Å². The van der Waals surface area contributed by atoms with Gasteiger partial charge in [-0.05, 0) is 20.8 Å². The molecule has 1 aromatic carbocycles. The monoisotopic (exact) mass is 341 g/mol. The van der Waals surface area contributed by atoms with E-state index in [1.54, 1.807) is 20.8 Å². The first kappa shape index (κ1) is 19.4. The summed E-state index contributed by atoms with van der Waals surface area (Å²) in [4.78, 5) is 23.6. The molecule has 1 amide bonds. The fourth-order valence-corrected chi connectivity index (χ4v) is 2.00. The average Bonchev–Trinajstić information content (AvgIpc) is 2.49. The van der Waals surface area contributed by atoms with E-state index in [9.17, 15) is 14.7 Å². The number of carbonyl (C=O) groups excluding carboxylic acids is 1. The van der Waals surface area contributed by atoms with Crippen LogP contribution in [0.2, 0.25) is 0 Å². The molecule has 0 aromatic heterocycles. The number of aliphatic carboxylic acids is 1. The van der Waals surface area contributed by atoms with Crippen LogP contribution in [0.25, 0.3) is 0 Å². The van der Waals surface area contributed by atoms with Crippen LogP contribution in [0.1, 0.15) is 32.4 Å². The van der Waals surface area contributed by atoms with Crippen molar-refractivity contribution in [3.8, 4) is 17.2 Å². The van der Waals surface area contributed by atoms with Gasteiger partial charge in [0.15, 0.2) is 6.04 Å². The molecule has 1 atom stereocenters. The Bertz CT molecular complexity index is 582. The van der Waals surface area contributed by atoms with Crippen molar-refractivity contribution in [1.29, 1.82) is 0 Å². The van der Waals surface area contributed by atoms with Crippen LogP contribution in [0.5, 0.6) is 17.2 Å². The van der Waals surface area contributed by atoms with Crippen molar-refractivity contribution in [2.45, 2.75) is 32.4 Å². The van der Waals surface area contributed by atoms with Gasteiger partial charge in [-0.1, -0.05) is 0 Å². The van der Waals surface area contributed by atoms with Crippen LogP contribution >= 0.6 is 0 Å². The molecule has 0 fully saturated rings. The lowest BCUT2D eigenvalue weighted by molar-refractivity contribution is -0.139. The first-order chi connectivity index (χ1) is 11.1. The zero-order valence-corrected chi connectivity index (χ0v) is 14.6. The largest absolute Gasteiger partial charge is 0.496 e. The second-order valence-electron chi connectivity index (χ2n) is 5.86. The van der Waals surface area contributed by atoms with Gasteiger partial charge >= 0.3 is 12.1 Å². The highest BCUT2D eigenvalue weighted by atomic mass is 16.6. The summed E-state index contributed by atoms with van der Waals surface area (Å²) in [6.45, 7) is 5.03. The number of alkyl carbamates (subject to hydrolysis) is 1. The highest BCUT2D eigenvalue weighted by molar-refractivity contribution is 5.83. The number of hydrogen-bond donors (Lipinski definition) is 2. The molecular weight excluding hydrogens is 318 g/mol. The third-order valence-corrected chi connectivity index (χ3v) is 2.95. The third-order valence-electron chi connectivity index (χ3n) is 2.95. The number of benzene rings is 1. The van der Waals surface area contributed by atoms with Gasteiger partial charge in [-0.25, -0.2) is 9.59 Å². The first-order valence-electron chi connectivity index (χ1n) is 7.15. The zero-order chi connectivity index (χ0) is 18.5. The van der Waals surface area contributed by atoms with Gasteiger partial charge in [0.2, 0.25) is 0 Å². The van der Waals surface area contributed by atoms with Gasteiger partial charge in [0.25, 0.3) is 0 Å². The van der Waals surface area contributed by atoms with Gasteiger partial charge < -0.3 is 29.4 Å². The molecule has 8 heteroatoms. The maximum absolute atomic E-state index is 12.0. The normalized spacial score (nSPS) is 12.1. The molecular formula is C16H23NO7. The summed E-state index contributed by atoms with van der Waals surface area (Å²) >= 11 is 0. The number of amides is 1. The van der Waals surface area contributed by atoms with Crippen LogP contribution in [0.3, 0.4) is 0 Å². The highest BCUT2D eigenvalue weighted by Gasteiger charge is 2.31. The lowest BCUT2D eigenvalue weighted by atomic mass is 10.0. The summed E-state index contributed by atoms with van der Waals surface area (Å²) in [6.07, 6.45) is -0.866. The van der Waals surface area contributed by atoms with Crippen molar-refractivity contribution in [2.75, 3.05) is 21.3 Å². The Balaban J connectivity index is 3.30. The molecule has 1 rings (SSSR count). The molecule has 0 aliphatic carbocycles. The van der Waals surface area contributed by atoms with E-state index in [-0.39, 0.29) is 17.1 Å². The molecule has 2 N–H and O–H groups in total. The van der Waals surface area contributed by atoms with Crippen LogP contribution in [0, 0.1) is 0 Å². The van der Waals surface area contributed by atoms with Gasteiger partial charge in [0, 0.05) is 12.1 Å². The number of nitrogens with one attached hydrogen (secondary N) is 1. The van der Waals surface area contributed by atoms with Crippen molar-refractivity contribution in [1.82, 2.24) is 5.32 Å². The molecule has 134 valence electrons. The summed E-state index contributed by atoms with van der Waals surface area (Å²) in [5.41, 5.74) is -0.611. The number of hydrogen-bond acceptors (Lipinski definition) is 6. The summed E-state index contributed by atoms with van der Waals surface area (Å²) < 4.78 is 20.7. The second-order valence-corrected chi connectivity index (χ2v) is 5.86. The van der Waals surface area contributed by atoms with E-state index in [0.717, 1.165) is 0 Å². The minimum absolute atomic E-state index is 0.152. The van der Waals surface area contributed by atoms with Crippen molar-refractivity contribution < 1.29 is 33.6 Å². The Kier molecular flexibility index (Phi) is 6.27. The number of carboxylic acid groups (broad SMARTS) is 1. The molecule has 0 radical (unpaired) electrons. The predicted molar refractivity (Wildman–Crippen MR) is 85.8 cm³/mol. The Morgan fingerprint density at radius 1 is 1.04 bits per heavy atom. The Morgan fingerprint density at radius 2 is 1.54 bits per heavy atom. The minimum Gasteiger partial charge on any atom is -0.496 e. The number of carboxylic acids is 1. The van der Waals surface area contributed by atoms with Crippen LogP contribution in [0.4, 0.5) is 4.79 Å². The van der Waals surface area contributed by atoms with Gasteiger partial charge in [0.1, 0.15) is 22.8 Å². The molecule has 0 spiro atoms. The SMILES string of the molecule is COc1cc(OC)c([C@H](NC(=O)OC(C)(C)C)C(=O)O)c(OC)c1. The maximum Gasteiger partial charge on any atom is 0.408 e. The van der Waals surface area contributed by atoms with Gasteiger partial charge in [0.05, 0.1) is 26.9 Å². The summed E-state index contributed by atoms with van der Waals surface area (Å²) in [6, 6.07) is 1.59. The average molecular weight is 341 g/mol. The zero-order valence-electron chi connectivity index (χ0n) is 14.6. The fourth-order valence-electron chi connectivity index (χ4n) is 2.00. The van der Waals surface area contributed by atoms with Gasteiger partial charge in [-0.3, -0.25) is 0 Å². The Hall–Kier alpha value is -2.64. The molecule has 0 saturated heterocycles. The van der Waals surface area contributed by atoms with Crippen LogP contribution in [-0.4, -0.2) is 44.1 Å². The minimum atomic E-state index is -1.42. The standard InChI is InChI=1S/C16H23NO7/c1-16(2,3)24-15(20)17-13(14(18)19)12-10(22-5)7-9(21-4)8-11(12)23-6/h7-8,13H,1-6H3,(H,17,20)(H,18,19)/t13-/m0/s1. The van der Waals surface area contributed by atoms with Crippen LogP contribution in [0.15, 0.2) is 12.1 Å². The van der Waals surface area contributed by atoms with Crippen molar-refractivity contribution in [2.24, 2.45) is 0 Å². The fraction of sp³-hybridized carbons (Fsp3) is 0.500. The summed E-state index contributed by atoms with van der Waals surface area (Å²) in [7, 11) is 4.22. The van der Waals surface area contributed by atoms with E-state index in [1.165, 1.54) is 33.5 Å². The quantitative estimate of drug-likeness (QED) is 0.818. The van der Waals surface area contributed by atoms with E-state index in [2.05, 4.69) is 5.32 Å². The van der Waals surface area contributed by atoms with Crippen LogP contribution in [-0.2, 0) is 9.53 Å². The molecule has 24 heavy (non-hydrogen) atoms. The first-order valence-corrected chi connectivity index (χ1v) is 7.15. The molecule has 0 aliphatic heterocycles. The second kappa shape index (κ2) is 7.76. The highest BCUT2D eigenvalue weighted by Crippen LogP contribution is 2.38. The molecule has 1 aromatic rings. The van der Waals surface area contributed by atoms with E-state index in [0.29, 0.717) is 5.75 Å². The van der Waals surface area contributed by atoms with E-state index < -0.39 is 23.7 Å². The third kappa shape index (κ3) is 4.94. The number of carbonyl (C=O) groups is 2. The Morgan fingerprint density at radius 3 is 1.88 bits per heavy atom. The maximum atomic E-state index is 12.0. The molecule has 8 nitrogen and oxygen atoms in total. The van der Waals surface area contributed by atoms with Gasteiger partial charge in [-0.2, -0.15) is 0 Å². The molecule has 0 unspecified atom stereocenters. The lowest BCUT2D eigenvalue weighted by Crippen LogP contribution is -2.38. The number of rotatable bonds is 6. The number of ether oxygens (including phenoxy) is 4. The van der Waals surface area contributed by atoms with Crippen molar-refractivity contribution in [3.63, 3.8) is 0 Å². The van der Waals surface area contributed by atoms with Crippen molar-refractivity contribution in [3.05, 3.63) is 17.7 Å². The Labute approximate surface area is 140 Å². The number of methoxy groups -OCH3 is 3. The molecule has 0 heterocycles. The van der Waals surface area contributed by atoms with Gasteiger partial charge in [-0.15, -0.1) is 0 Å². The summed E-state index contributed by atoms with van der Waals surface area (Å²) in [5, 5.41) is 11.8. The topological polar surface area (TPSA) is 103 Å². The molecule has 0 aliphatic rings. The smallest absolute Gasteiger partial charge is 0.408 e.